The van der Waals surface area contributed by atoms with Gasteiger partial charge in [0.1, 0.15) is 6.61 Å². The Hall–Kier alpha value is -2.37. The lowest BCUT2D eigenvalue weighted by atomic mass is 9.97. The molecule has 1 unspecified atom stereocenters. The summed E-state index contributed by atoms with van der Waals surface area (Å²) in [6, 6.07) is 18.6. The largest absolute Gasteiger partial charge is 0.445 e. The maximum Gasteiger partial charge on any atom is 0.409 e. The maximum atomic E-state index is 12.3. The molecule has 0 saturated heterocycles. The number of carbonyl (C=O) groups is 1. The van der Waals surface area contributed by atoms with E-state index in [0.717, 1.165) is 25.1 Å². The molecule has 0 heterocycles. The number of rotatable bonds is 10. The summed E-state index contributed by atoms with van der Waals surface area (Å²) in [4.78, 5) is 12.3. The van der Waals surface area contributed by atoms with Crippen LogP contribution >= 0.6 is 0 Å². The summed E-state index contributed by atoms with van der Waals surface area (Å²) in [6.45, 7) is 6.16. The Labute approximate surface area is 161 Å². The molecule has 0 aliphatic rings. The van der Waals surface area contributed by atoms with Gasteiger partial charge in [-0.25, -0.2) is 4.79 Å². The number of hydrogen-bond donors (Lipinski definition) is 3. The van der Waals surface area contributed by atoms with Crippen LogP contribution in [0.4, 0.5) is 4.79 Å². The van der Waals surface area contributed by atoms with Crippen LogP contribution in [0.5, 0.6) is 0 Å². The zero-order chi connectivity index (χ0) is 19.5. The molecule has 0 aromatic heterocycles. The Morgan fingerprint density at radius 3 is 2.33 bits per heavy atom. The molecule has 2 rings (SSSR count). The second kappa shape index (κ2) is 10.7. The van der Waals surface area contributed by atoms with E-state index in [1.165, 1.54) is 0 Å². The Morgan fingerprint density at radius 1 is 1.07 bits per heavy atom. The third-order valence-corrected chi connectivity index (χ3v) is 4.22. The first-order chi connectivity index (χ1) is 13.0. The zero-order valence-electron chi connectivity index (χ0n) is 16.2. The number of aliphatic hydroxyl groups is 1. The van der Waals surface area contributed by atoms with Gasteiger partial charge in [0, 0.05) is 12.0 Å². The van der Waals surface area contributed by atoms with Crippen LogP contribution in [-0.4, -0.2) is 24.3 Å². The molecule has 146 valence electrons. The fourth-order valence-electron chi connectivity index (χ4n) is 2.78. The Balaban J connectivity index is 1.94. The molecule has 0 fully saturated rings. The van der Waals surface area contributed by atoms with Crippen molar-refractivity contribution in [2.24, 2.45) is 5.92 Å². The minimum atomic E-state index is -1.46. The van der Waals surface area contributed by atoms with Gasteiger partial charge in [-0.15, -0.1) is 0 Å². The molecular formula is C22H30N2O3. The minimum absolute atomic E-state index is 0.160. The molecule has 2 aromatic rings. The van der Waals surface area contributed by atoms with Crippen molar-refractivity contribution in [1.82, 2.24) is 10.6 Å². The van der Waals surface area contributed by atoms with Crippen molar-refractivity contribution in [3.05, 3.63) is 71.8 Å². The Kier molecular flexibility index (Phi) is 8.30. The summed E-state index contributed by atoms with van der Waals surface area (Å²) in [6.07, 6.45) is 0.472. The first-order valence-electron chi connectivity index (χ1n) is 9.47. The summed E-state index contributed by atoms with van der Waals surface area (Å²) >= 11 is 0. The standard InChI is InChI=1S/C22H30N2O3/c1-18(2)16-23-15-9-14-22(26,20-12-7-4-8-13-20)24-21(25)27-17-19-10-5-3-6-11-19/h3-8,10-13,18,23,26H,9,14-17H2,1-2H3,(H,24,25). The number of nitrogens with one attached hydrogen (secondary N) is 2. The molecule has 0 saturated carbocycles. The number of amides is 1. The molecule has 0 bridgehead atoms. The smallest absolute Gasteiger partial charge is 0.409 e. The fourth-order valence-corrected chi connectivity index (χ4v) is 2.78. The Morgan fingerprint density at radius 2 is 1.70 bits per heavy atom. The van der Waals surface area contributed by atoms with Crippen molar-refractivity contribution in [3.8, 4) is 0 Å². The number of hydrogen-bond acceptors (Lipinski definition) is 4. The van der Waals surface area contributed by atoms with Crippen molar-refractivity contribution in [2.75, 3.05) is 13.1 Å². The van der Waals surface area contributed by atoms with E-state index >= 15 is 0 Å². The van der Waals surface area contributed by atoms with Crippen molar-refractivity contribution in [2.45, 2.75) is 39.0 Å². The van der Waals surface area contributed by atoms with Crippen molar-refractivity contribution < 1.29 is 14.6 Å². The van der Waals surface area contributed by atoms with Gasteiger partial charge in [0.15, 0.2) is 5.72 Å². The van der Waals surface area contributed by atoms with E-state index in [2.05, 4.69) is 24.5 Å². The van der Waals surface area contributed by atoms with Crippen LogP contribution in [-0.2, 0) is 17.1 Å². The molecule has 5 heteroatoms. The Bertz CT molecular complexity index is 676. The predicted molar refractivity (Wildman–Crippen MR) is 107 cm³/mol. The monoisotopic (exact) mass is 370 g/mol. The summed E-state index contributed by atoms with van der Waals surface area (Å²) in [7, 11) is 0. The highest BCUT2D eigenvalue weighted by Crippen LogP contribution is 2.23. The lowest BCUT2D eigenvalue weighted by Crippen LogP contribution is -2.46. The highest BCUT2D eigenvalue weighted by atomic mass is 16.6. The topological polar surface area (TPSA) is 70.6 Å². The summed E-state index contributed by atoms with van der Waals surface area (Å²) in [5.41, 5.74) is 0.0773. The van der Waals surface area contributed by atoms with Crippen LogP contribution in [0, 0.1) is 5.92 Å². The van der Waals surface area contributed by atoms with Crippen LogP contribution in [0.1, 0.15) is 37.8 Å². The molecule has 1 amide bonds. The van der Waals surface area contributed by atoms with Crippen LogP contribution in [0.2, 0.25) is 0 Å². The number of alkyl carbamates (subject to hydrolysis) is 1. The van der Waals surface area contributed by atoms with E-state index in [-0.39, 0.29) is 6.61 Å². The van der Waals surface area contributed by atoms with Crippen molar-refractivity contribution in [3.63, 3.8) is 0 Å². The van der Waals surface area contributed by atoms with Gasteiger partial charge in [-0.2, -0.15) is 0 Å². The third kappa shape index (κ3) is 7.41. The van der Waals surface area contributed by atoms with E-state index in [1.807, 2.05) is 48.5 Å². The highest BCUT2D eigenvalue weighted by molar-refractivity contribution is 5.68. The van der Waals surface area contributed by atoms with Gasteiger partial charge in [-0.1, -0.05) is 74.5 Å². The van der Waals surface area contributed by atoms with Crippen molar-refractivity contribution in [1.29, 1.82) is 0 Å². The van der Waals surface area contributed by atoms with Gasteiger partial charge in [0.2, 0.25) is 0 Å². The molecular weight excluding hydrogens is 340 g/mol. The summed E-state index contributed by atoms with van der Waals surface area (Å²) in [5.74, 6) is 0.573. The number of carbonyl (C=O) groups excluding carboxylic acids is 1. The van der Waals surface area contributed by atoms with E-state index in [4.69, 9.17) is 4.74 Å². The van der Waals surface area contributed by atoms with Gasteiger partial charge in [0.25, 0.3) is 0 Å². The number of ether oxygens (including phenoxy) is 1. The van der Waals surface area contributed by atoms with Crippen LogP contribution in [0.3, 0.4) is 0 Å². The minimum Gasteiger partial charge on any atom is -0.445 e. The van der Waals surface area contributed by atoms with Crippen LogP contribution in [0.25, 0.3) is 0 Å². The van der Waals surface area contributed by atoms with Crippen molar-refractivity contribution >= 4 is 6.09 Å². The van der Waals surface area contributed by atoms with E-state index in [0.29, 0.717) is 17.9 Å². The molecule has 0 spiro atoms. The SMILES string of the molecule is CC(C)CNCCCC(O)(NC(=O)OCc1ccccc1)c1ccccc1. The van der Waals surface area contributed by atoms with Crippen LogP contribution in [0.15, 0.2) is 60.7 Å². The molecule has 1 atom stereocenters. The molecule has 0 aliphatic carbocycles. The van der Waals surface area contributed by atoms with Gasteiger partial charge < -0.3 is 15.2 Å². The average Bonchev–Trinajstić information content (AvgIpc) is 2.67. The first kappa shape index (κ1) is 20.9. The second-order valence-corrected chi connectivity index (χ2v) is 7.11. The average molecular weight is 370 g/mol. The molecule has 3 N–H and O–H groups in total. The van der Waals surface area contributed by atoms with Crippen LogP contribution < -0.4 is 10.6 Å². The summed E-state index contributed by atoms with van der Waals surface area (Å²) < 4.78 is 5.28. The molecule has 0 radical (unpaired) electrons. The molecule has 5 nitrogen and oxygen atoms in total. The highest BCUT2D eigenvalue weighted by Gasteiger charge is 2.31. The summed E-state index contributed by atoms with van der Waals surface area (Å²) in [5, 5.41) is 17.1. The van der Waals surface area contributed by atoms with Gasteiger partial charge in [-0.3, -0.25) is 5.32 Å². The molecule has 0 aliphatic heterocycles. The fraction of sp³-hybridized carbons (Fsp3) is 0.409. The first-order valence-corrected chi connectivity index (χ1v) is 9.47. The predicted octanol–water partition coefficient (Wildman–Crippen LogP) is 3.78. The van der Waals surface area contributed by atoms with E-state index < -0.39 is 11.8 Å². The van der Waals surface area contributed by atoms with Gasteiger partial charge in [-0.05, 0) is 31.0 Å². The lowest BCUT2D eigenvalue weighted by molar-refractivity contribution is -0.0109. The third-order valence-electron chi connectivity index (χ3n) is 4.22. The zero-order valence-corrected chi connectivity index (χ0v) is 16.2. The number of benzene rings is 2. The lowest BCUT2D eigenvalue weighted by Gasteiger charge is -2.29. The quantitative estimate of drug-likeness (QED) is 0.440. The van der Waals surface area contributed by atoms with E-state index in [9.17, 15) is 9.90 Å². The van der Waals surface area contributed by atoms with Gasteiger partial charge >= 0.3 is 6.09 Å². The molecule has 27 heavy (non-hydrogen) atoms. The maximum absolute atomic E-state index is 12.3. The molecule has 2 aromatic carbocycles. The normalized spacial score (nSPS) is 13.2. The van der Waals surface area contributed by atoms with E-state index in [1.54, 1.807) is 12.1 Å². The van der Waals surface area contributed by atoms with Gasteiger partial charge in [0.05, 0.1) is 0 Å². The second-order valence-electron chi connectivity index (χ2n) is 7.11.